The summed E-state index contributed by atoms with van der Waals surface area (Å²) >= 11 is 0. The number of nitrogens with one attached hydrogen (secondary N) is 2. The third-order valence-electron chi connectivity index (χ3n) is 6.65. The minimum Gasteiger partial charge on any atom is -0.364 e. The van der Waals surface area contributed by atoms with Gasteiger partial charge in [-0.15, -0.1) is 0 Å². The van der Waals surface area contributed by atoms with Gasteiger partial charge in [0.15, 0.2) is 0 Å². The summed E-state index contributed by atoms with van der Waals surface area (Å²) in [6.07, 6.45) is 7.34. The van der Waals surface area contributed by atoms with Crippen molar-refractivity contribution < 1.29 is 18.6 Å². The van der Waals surface area contributed by atoms with Gasteiger partial charge >= 0.3 is 0 Å². The zero-order valence-corrected chi connectivity index (χ0v) is 20.1. The first kappa shape index (κ1) is 23.7. The summed E-state index contributed by atoms with van der Waals surface area (Å²) in [4.78, 5) is 30.8. The molecule has 1 saturated carbocycles. The molecule has 9 nitrogen and oxygen atoms in total. The van der Waals surface area contributed by atoms with Gasteiger partial charge in [-0.05, 0) is 57.1 Å². The molecule has 180 valence electrons. The van der Waals surface area contributed by atoms with Crippen LogP contribution in [0.25, 0.3) is 11.3 Å². The summed E-state index contributed by atoms with van der Waals surface area (Å²) in [5.41, 5.74) is 3.84. The molecule has 3 aromatic heterocycles. The number of rotatable bonds is 7. The Labute approximate surface area is 198 Å². The molecule has 3 aromatic rings. The number of amides is 2. The lowest BCUT2D eigenvalue weighted by Crippen LogP contribution is -2.49. The molecule has 1 aliphatic rings. The van der Waals surface area contributed by atoms with Crippen LogP contribution in [0.2, 0.25) is 0 Å². The molecule has 0 spiro atoms. The van der Waals surface area contributed by atoms with E-state index in [4.69, 9.17) is 9.05 Å². The number of anilines is 1. The molecule has 0 aliphatic heterocycles. The normalized spacial score (nSPS) is 18.9. The molecule has 0 aromatic carbocycles. The molecular weight excluding hydrogens is 434 g/mol. The molecule has 0 unspecified atom stereocenters. The third kappa shape index (κ3) is 5.03. The van der Waals surface area contributed by atoms with E-state index in [1.54, 1.807) is 12.3 Å². The van der Waals surface area contributed by atoms with Crippen LogP contribution in [-0.2, 0) is 11.2 Å². The van der Waals surface area contributed by atoms with Crippen molar-refractivity contribution in [2.24, 2.45) is 11.8 Å². The lowest BCUT2D eigenvalue weighted by Gasteiger charge is -2.32. The van der Waals surface area contributed by atoms with Crippen LogP contribution >= 0.6 is 0 Å². The van der Waals surface area contributed by atoms with Crippen LogP contribution in [-0.4, -0.2) is 33.2 Å². The van der Waals surface area contributed by atoms with Crippen LogP contribution in [0.5, 0.6) is 0 Å². The highest BCUT2D eigenvalue weighted by Gasteiger charge is 2.33. The van der Waals surface area contributed by atoms with Crippen molar-refractivity contribution >= 4 is 17.5 Å². The van der Waals surface area contributed by atoms with Gasteiger partial charge in [0.1, 0.15) is 23.6 Å². The Kier molecular flexibility index (Phi) is 7.09. The van der Waals surface area contributed by atoms with E-state index >= 15 is 0 Å². The number of carbonyl (C=O) groups is 2. The first-order chi connectivity index (χ1) is 16.4. The maximum Gasteiger partial charge on any atom is 0.257 e. The molecule has 4 rings (SSSR count). The quantitative estimate of drug-likeness (QED) is 0.528. The van der Waals surface area contributed by atoms with Crippen LogP contribution in [0.1, 0.15) is 67.0 Å². The largest absolute Gasteiger partial charge is 0.364 e. The predicted octanol–water partition coefficient (Wildman–Crippen LogP) is 4.47. The standard InChI is InChI=1S/C25H31N5O4/c1-5-20-19(13-33-30-20)24(31)28-23(17-8-6-14(2)7-9-17)25(32)27-18-10-11-21(26-12-18)22-15(3)29-34-16(22)4/h10-14,17,23H,5-9H2,1-4H3,(H,27,32)(H,28,31)/t14?,17?,23-/m0/s1. The van der Waals surface area contributed by atoms with Crippen molar-refractivity contribution in [1.29, 1.82) is 0 Å². The highest BCUT2D eigenvalue weighted by Crippen LogP contribution is 2.31. The van der Waals surface area contributed by atoms with Crippen molar-refractivity contribution in [3.05, 3.63) is 47.3 Å². The Bertz CT molecular complexity index is 1120. The molecule has 2 N–H and O–H groups in total. The molecule has 9 heteroatoms. The van der Waals surface area contributed by atoms with Gasteiger partial charge in [-0.2, -0.15) is 0 Å². The second-order valence-corrected chi connectivity index (χ2v) is 9.12. The fourth-order valence-electron chi connectivity index (χ4n) is 4.62. The van der Waals surface area contributed by atoms with Gasteiger partial charge < -0.3 is 19.7 Å². The van der Waals surface area contributed by atoms with E-state index in [0.29, 0.717) is 35.0 Å². The van der Waals surface area contributed by atoms with Crippen molar-refractivity contribution in [1.82, 2.24) is 20.6 Å². The zero-order valence-electron chi connectivity index (χ0n) is 20.1. The summed E-state index contributed by atoms with van der Waals surface area (Å²) < 4.78 is 10.2. The average molecular weight is 466 g/mol. The topological polar surface area (TPSA) is 123 Å². The maximum absolute atomic E-state index is 13.4. The molecule has 2 amide bonds. The van der Waals surface area contributed by atoms with Gasteiger partial charge in [0, 0.05) is 0 Å². The zero-order chi connectivity index (χ0) is 24.2. The monoisotopic (exact) mass is 465 g/mol. The summed E-state index contributed by atoms with van der Waals surface area (Å²) in [6, 6.07) is 2.95. The Hall–Kier alpha value is -3.49. The summed E-state index contributed by atoms with van der Waals surface area (Å²) in [6.45, 7) is 7.83. The number of hydrogen-bond donors (Lipinski definition) is 2. The molecular formula is C25H31N5O4. The fourth-order valence-corrected chi connectivity index (χ4v) is 4.62. The van der Waals surface area contributed by atoms with E-state index in [0.717, 1.165) is 42.6 Å². The lowest BCUT2D eigenvalue weighted by molar-refractivity contribution is -0.119. The van der Waals surface area contributed by atoms with E-state index in [1.807, 2.05) is 26.8 Å². The number of hydrogen-bond acceptors (Lipinski definition) is 7. The summed E-state index contributed by atoms with van der Waals surface area (Å²) in [5, 5.41) is 13.7. The van der Waals surface area contributed by atoms with Crippen molar-refractivity contribution in [3.63, 3.8) is 0 Å². The van der Waals surface area contributed by atoms with Crippen LogP contribution in [0, 0.1) is 25.7 Å². The molecule has 0 radical (unpaired) electrons. The Morgan fingerprint density at radius 1 is 1.15 bits per heavy atom. The minimum atomic E-state index is -0.665. The van der Waals surface area contributed by atoms with Crippen molar-refractivity contribution in [3.8, 4) is 11.3 Å². The number of pyridine rings is 1. The average Bonchev–Trinajstić information content (AvgIpc) is 3.45. The number of aryl methyl sites for hydroxylation is 3. The highest BCUT2D eigenvalue weighted by atomic mass is 16.5. The smallest absolute Gasteiger partial charge is 0.257 e. The van der Waals surface area contributed by atoms with Gasteiger partial charge in [0.25, 0.3) is 5.91 Å². The fraction of sp³-hybridized carbons (Fsp3) is 0.480. The van der Waals surface area contributed by atoms with E-state index in [1.165, 1.54) is 6.26 Å². The second-order valence-electron chi connectivity index (χ2n) is 9.12. The van der Waals surface area contributed by atoms with Crippen LogP contribution in [0.15, 0.2) is 33.6 Å². The SMILES string of the molecule is CCc1nocc1C(=O)N[C@H](C(=O)Nc1ccc(-c2c(C)noc2C)nc1)C1CCC(C)CC1. The number of nitrogens with zero attached hydrogens (tertiary/aromatic N) is 3. The van der Waals surface area contributed by atoms with E-state index in [-0.39, 0.29) is 17.7 Å². The van der Waals surface area contributed by atoms with Crippen molar-refractivity contribution in [2.75, 3.05) is 5.32 Å². The van der Waals surface area contributed by atoms with E-state index in [2.05, 4.69) is 32.9 Å². The van der Waals surface area contributed by atoms with E-state index in [9.17, 15) is 9.59 Å². The predicted molar refractivity (Wildman–Crippen MR) is 126 cm³/mol. The molecule has 1 fully saturated rings. The summed E-state index contributed by atoms with van der Waals surface area (Å²) in [5.74, 6) is 0.774. The van der Waals surface area contributed by atoms with Crippen molar-refractivity contribution in [2.45, 2.75) is 65.8 Å². The van der Waals surface area contributed by atoms with Gasteiger partial charge in [-0.1, -0.05) is 37.0 Å². The van der Waals surface area contributed by atoms with Gasteiger partial charge in [-0.25, -0.2) is 0 Å². The Morgan fingerprint density at radius 3 is 2.53 bits per heavy atom. The molecule has 0 saturated heterocycles. The number of carbonyl (C=O) groups excluding carboxylic acids is 2. The van der Waals surface area contributed by atoms with E-state index < -0.39 is 6.04 Å². The highest BCUT2D eigenvalue weighted by molar-refractivity contribution is 6.01. The summed E-state index contributed by atoms with van der Waals surface area (Å²) in [7, 11) is 0. The molecule has 0 bridgehead atoms. The first-order valence-electron chi connectivity index (χ1n) is 11.8. The molecule has 34 heavy (non-hydrogen) atoms. The lowest BCUT2D eigenvalue weighted by atomic mass is 9.79. The molecule has 1 atom stereocenters. The maximum atomic E-state index is 13.4. The van der Waals surface area contributed by atoms with Crippen LogP contribution in [0.4, 0.5) is 5.69 Å². The van der Waals surface area contributed by atoms with Gasteiger partial charge in [0.2, 0.25) is 5.91 Å². The first-order valence-corrected chi connectivity index (χ1v) is 11.8. The second kappa shape index (κ2) is 10.2. The minimum absolute atomic E-state index is 0.0552. The van der Waals surface area contributed by atoms with Gasteiger partial charge in [-0.3, -0.25) is 14.6 Å². The molecule has 1 aliphatic carbocycles. The Balaban J connectivity index is 1.51. The van der Waals surface area contributed by atoms with Crippen LogP contribution in [0.3, 0.4) is 0 Å². The number of aromatic nitrogens is 3. The molecule has 3 heterocycles. The van der Waals surface area contributed by atoms with Crippen LogP contribution < -0.4 is 10.6 Å². The third-order valence-corrected chi connectivity index (χ3v) is 6.65. The Morgan fingerprint density at radius 2 is 1.91 bits per heavy atom. The van der Waals surface area contributed by atoms with Gasteiger partial charge in [0.05, 0.1) is 34.5 Å².